The lowest BCUT2D eigenvalue weighted by molar-refractivity contribution is -0.136. The minimum Gasteiger partial charge on any atom is -0.411 e. The standard InChI is InChI=1S/C11H20N2O3/c1-3-9-7-13(6-5-10(9)12-15)11(14)8-16-4-2/h9,15H,3-8H2,1-2H3. The number of piperidine rings is 1. The molecule has 0 aromatic heterocycles. The average Bonchev–Trinajstić information content (AvgIpc) is 2.34. The molecule has 0 aromatic rings. The number of hydrogen-bond acceptors (Lipinski definition) is 4. The zero-order valence-corrected chi connectivity index (χ0v) is 9.98. The topological polar surface area (TPSA) is 62.1 Å². The molecule has 5 nitrogen and oxygen atoms in total. The van der Waals surface area contributed by atoms with Crippen molar-refractivity contribution in [3.63, 3.8) is 0 Å². The Morgan fingerprint density at radius 1 is 1.62 bits per heavy atom. The van der Waals surface area contributed by atoms with E-state index in [4.69, 9.17) is 9.94 Å². The van der Waals surface area contributed by atoms with Gasteiger partial charge < -0.3 is 14.8 Å². The van der Waals surface area contributed by atoms with Crippen molar-refractivity contribution >= 4 is 11.6 Å². The van der Waals surface area contributed by atoms with Crippen molar-refractivity contribution in [2.75, 3.05) is 26.3 Å². The Kier molecular flexibility index (Phi) is 5.25. The van der Waals surface area contributed by atoms with Crippen LogP contribution in [0.1, 0.15) is 26.7 Å². The van der Waals surface area contributed by atoms with Crippen LogP contribution in [-0.4, -0.2) is 48.0 Å². The lowest BCUT2D eigenvalue weighted by atomic mass is 9.93. The fourth-order valence-corrected chi connectivity index (χ4v) is 1.92. The summed E-state index contributed by atoms with van der Waals surface area (Å²) in [4.78, 5) is 13.5. The summed E-state index contributed by atoms with van der Waals surface area (Å²) < 4.78 is 5.10. The van der Waals surface area contributed by atoms with Gasteiger partial charge in [0.15, 0.2) is 0 Å². The average molecular weight is 228 g/mol. The van der Waals surface area contributed by atoms with Gasteiger partial charge in [-0.15, -0.1) is 0 Å². The van der Waals surface area contributed by atoms with E-state index in [1.54, 1.807) is 4.90 Å². The first-order chi connectivity index (χ1) is 7.72. The van der Waals surface area contributed by atoms with Gasteiger partial charge in [-0.3, -0.25) is 4.79 Å². The van der Waals surface area contributed by atoms with Gasteiger partial charge in [0.1, 0.15) is 6.61 Å². The van der Waals surface area contributed by atoms with Crippen molar-refractivity contribution in [2.24, 2.45) is 11.1 Å². The van der Waals surface area contributed by atoms with E-state index in [1.165, 1.54) is 0 Å². The van der Waals surface area contributed by atoms with Crippen LogP contribution < -0.4 is 0 Å². The van der Waals surface area contributed by atoms with Gasteiger partial charge >= 0.3 is 0 Å². The molecule has 1 aliphatic rings. The molecule has 1 aliphatic heterocycles. The van der Waals surface area contributed by atoms with Gasteiger partial charge in [0.2, 0.25) is 5.91 Å². The van der Waals surface area contributed by atoms with Crippen molar-refractivity contribution in [2.45, 2.75) is 26.7 Å². The van der Waals surface area contributed by atoms with Gasteiger partial charge in [0.05, 0.1) is 5.71 Å². The normalized spacial score (nSPS) is 23.8. The van der Waals surface area contributed by atoms with E-state index in [9.17, 15) is 4.79 Å². The number of likely N-dealkylation sites (tertiary alicyclic amines) is 1. The van der Waals surface area contributed by atoms with Gasteiger partial charge in [-0.2, -0.15) is 0 Å². The highest BCUT2D eigenvalue weighted by Gasteiger charge is 2.27. The third kappa shape index (κ3) is 3.20. The second kappa shape index (κ2) is 6.48. The maximum Gasteiger partial charge on any atom is 0.248 e. The largest absolute Gasteiger partial charge is 0.411 e. The molecule has 1 saturated heterocycles. The molecule has 0 spiro atoms. The van der Waals surface area contributed by atoms with E-state index < -0.39 is 0 Å². The molecule has 1 atom stereocenters. The van der Waals surface area contributed by atoms with Crippen LogP contribution in [-0.2, 0) is 9.53 Å². The summed E-state index contributed by atoms with van der Waals surface area (Å²) in [6, 6.07) is 0. The lowest BCUT2D eigenvalue weighted by Crippen LogP contribution is -2.45. The lowest BCUT2D eigenvalue weighted by Gasteiger charge is -2.32. The SMILES string of the molecule is CCOCC(=O)N1CCC(=NO)C(CC)C1. The maximum atomic E-state index is 11.7. The van der Waals surface area contributed by atoms with E-state index in [1.807, 2.05) is 13.8 Å². The number of oxime groups is 1. The van der Waals surface area contributed by atoms with Crippen LogP contribution in [0.3, 0.4) is 0 Å². The van der Waals surface area contributed by atoms with Crippen LogP contribution >= 0.6 is 0 Å². The van der Waals surface area contributed by atoms with Gasteiger partial charge in [0, 0.05) is 32.0 Å². The van der Waals surface area contributed by atoms with Crippen LogP contribution in [0.25, 0.3) is 0 Å². The summed E-state index contributed by atoms with van der Waals surface area (Å²) in [5.41, 5.74) is 0.808. The van der Waals surface area contributed by atoms with E-state index >= 15 is 0 Å². The number of carbonyl (C=O) groups excluding carboxylic acids is 1. The summed E-state index contributed by atoms with van der Waals surface area (Å²) in [5, 5.41) is 12.1. The molecule has 0 bridgehead atoms. The smallest absolute Gasteiger partial charge is 0.248 e. The van der Waals surface area contributed by atoms with Gasteiger partial charge in [-0.1, -0.05) is 12.1 Å². The molecule has 0 radical (unpaired) electrons. The summed E-state index contributed by atoms with van der Waals surface area (Å²) in [6.07, 6.45) is 1.55. The highest BCUT2D eigenvalue weighted by Crippen LogP contribution is 2.17. The Morgan fingerprint density at radius 2 is 2.38 bits per heavy atom. The van der Waals surface area contributed by atoms with E-state index in [0.717, 1.165) is 12.1 Å². The minimum atomic E-state index is 0.0253. The van der Waals surface area contributed by atoms with Gasteiger partial charge in [-0.05, 0) is 13.3 Å². The number of hydrogen-bond donors (Lipinski definition) is 1. The predicted octanol–water partition coefficient (Wildman–Crippen LogP) is 1.11. The minimum absolute atomic E-state index is 0.0253. The zero-order valence-electron chi connectivity index (χ0n) is 9.98. The second-order valence-electron chi connectivity index (χ2n) is 3.92. The Bertz CT molecular complexity index is 266. The second-order valence-corrected chi connectivity index (χ2v) is 3.92. The zero-order chi connectivity index (χ0) is 12.0. The fourth-order valence-electron chi connectivity index (χ4n) is 1.92. The van der Waals surface area contributed by atoms with Crippen molar-refractivity contribution in [1.29, 1.82) is 0 Å². The molecule has 1 N–H and O–H groups in total. The summed E-state index contributed by atoms with van der Waals surface area (Å²) in [6.45, 7) is 5.88. The molecular weight excluding hydrogens is 208 g/mol. The first-order valence-electron chi connectivity index (χ1n) is 5.79. The van der Waals surface area contributed by atoms with Crippen LogP contribution in [0.15, 0.2) is 5.16 Å². The third-order valence-electron chi connectivity index (χ3n) is 2.95. The maximum absolute atomic E-state index is 11.7. The van der Waals surface area contributed by atoms with Gasteiger partial charge in [-0.25, -0.2) is 0 Å². The first kappa shape index (κ1) is 13.0. The monoisotopic (exact) mass is 228 g/mol. The molecular formula is C11H20N2O3. The van der Waals surface area contributed by atoms with Crippen molar-refractivity contribution in [3.8, 4) is 0 Å². The van der Waals surface area contributed by atoms with Crippen LogP contribution in [0, 0.1) is 5.92 Å². The third-order valence-corrected chi connectivity index (χ3v) is 2.95. The Labute approximate surface area is 96.1 Å². The summed E-state index contributed by atoms with van der Waals surface area (Å²) in [7, 11) is 0. The molecule has 1 rings (SSSR count). The van der Waals surface area contributed by atoms with E-state index in [2.05, 4.69) is 5.16 Å². The Balaban J connectivity index is 2.50. The molecule has 1 unspecified atom stereocenters. The molecule has 1 amide bonds. The molecule has 1 heterocycles. The number of rotatable bonds is 4. The predicted molar refractivity (Wildman–Crippen MR) is 60.7 cm³/mol. The van der Waals surface area contributed by atoms with E-state index in [-0.39, 0.29) is 18.4 Å². The molecule has 0 saturated carbocycles. The summed E-state index contributed by atoms with van der Waals surface area (Å²) >= 11 is 0. The fraction of sp³-hybridized carbons (Fsp3) is 0.818. The number of carbonyl (C=O) groups is 1. The van der Waals surface area contributed by atoms with Crippen molar-refractivity contribution < 1.29 is 14.7 Å². The van der Waals surface area contributed by atoms with Crippen LogP contribution in [0.2, 0.25) is 0 Å². The Hall–Kier alpha value is -1.10. The molecule has 0 aliphatic carbocycles. The van der Waals surface area contributed by atoms with Crippen molar-refractivity contribution in [1.82, 2.24) is 4.90 Å². The van der Waals surface area contributed by atoms with Crippen LogP contribution in [0.4, 0.5) is 0 Å². The number of amides is 1. The first-order valence-corrected chi connectivity index (χ1v) is 5.79. The molecule has 92 valence electrons. The van der Waals surface area contributed by atoms with E-state index in [0.29, 0.717) is 26.1 Å². The van der Waals surface area contributed by atoms with Gasteiger partial charge in [0.25, 0.3) is 0 Å². The quantitative estimate of drug-likeness (QED) is 0.579. The molecule has 1 fully saturated rings. The highest BCUT2D eigenvalue weighted by molar-refractivity contribution is 5.89. The Morgan fingerprint density at radius 3 is 2.94 bits per heavy atom. The molecule has 16 heavy (non-hydrogen) atoms. The highest BCUT2D eigenvalue weighted by atomic mass is 16.5. The van der Waals surface area contributed by atoms with Crippen molar-refractivity contribution in [3.05, 3.63) is 0 Å². The number of ether oxygens (including phenoxy) is 1. The summed E-state index contributed by atoms with van der Waals surface area (Å²) in [5.74, 6) is 0.210. The molecule has 0 aromatic carbocycles. The van der Waals surface area contributed by atoms with Crippen LogP contribution in [0.5, 0.6) is 0 Å². The number of nitrogens with zero attached hydrogens (tertiary/aromatic N) is 2. The molecule has 5 heteroatoms.